The van der Waals surface area contributed by atoms with Gasteiger partial charge in [0.05, 0.1) is 0 Å². The number of hydrogen-bond donors (Lipinski definition) is 3. The lowest BCUT2D eigenvalue weighted by atomic mass is 10.1. The van der Waals surface area contributed by atoms with Gasteiger partial charge in [-0.15, -0.1) is 24.8 Å². The van der Waals surface area contributed by atoms with E-state index in [9.17, 15) is 9.59 Å². The maximum absolute atomic E-state index is 12.0. The molecule has 1 aliphatic heterocycles. The first kappa shape index (κ1) is 24.7. The largest absolute Gasteiger partial charge is 0.352 e. The molecule has 0 radical (unpaired) electrons. The second kappa shape index (κ2) is 12.9. The first-order chi connectivity index (χ1) is 11.5. The smallest absolute Gasteiger partial charge is 0.251 e. The molecule has 26 heavy (non-hydrogen) atoms. The molecular weight excluding hydrogens is 375 g/mol. The SMILES string of the molecule is CN(C)CCNC(=O)c1ccc(CNC(=O)CC2CCCN2)cc1.Cl.Cl. The third-order valence-electron chi connectivity index (χ3n) is 4.14. The first-order valence-corrected chi connectivity index (χ1v) is 8.56. The second-order valence-corrected chi connectivity index (χ2v) is 6.53. The number of carbonyl (C=O) groups is 2. The fourth-order valence-electron chi connectivity index (χ4n) is 2.70. The van der Waals surface area contributed by atoms with E-state index in [1.807, 2.05) is 31.1 Å². The third kappa shape index (κ3) is 8.85. The Morgan fingerprint density at radius 1 is 1.15 bits per heavy atom. The van der Waals surface area contributed by atoms with Crippen LogP contribution in [0.15, 0.2) is 24.3 Å². The highest BCUT2D eigenvalue weighted by Crippen LogP contribution is 2.09. The van der Waals surface area contributed by atoms with Crippen molar-refractivity contribution in [3.63, 3.8) is 0 Å². The number of carbonyl (C=O) groups excluding carboxylic acids is 2. The molecule has 6 nitrogen and oxygen atoms in total. The van der Waals surface area contributed by atoms with Crippen molar-refractivity contribution in [2.45, 2.75) is 31.8 Å². The molecule has 1 saturated heterocycles. The Bertz CT molecular complexity index is 547. The van der Waals surface area contributed by atoms with E-state index in [1.54, 1.807) is 12.1 Å². The van der Waals surface area contributed by atoms with Crippen LogP contribution in [0.1, 0.15) is 35.2 Å². The average molecular weight is 405 g/mol. The van der Waals surface area contributed by atoms with Gasteiger partial charge in [0.25, 0.3) is 5.91 Å². The molecule has 1 aromatic carbocycles. The van der Waals surface area contributed by atoms with E-state index >= 15 is 0 Å². The molecule has 1 atom stereocenters. The van der Waals surface area contributed by atoms with Gasteiger partial charge in [0.1, 0.15) is 0 Å². The number of nitrogens with one attached hydrogen (secondary N) is 3. The van der Waals surface area contributed by atoms with Gasteiger partial charge in [0, 0.05) is 37.7 Å². The van der Waals surface area contributed by atoms with Crippen LogP contribution in [-0.4, -0.2) is 56.5 Å². The Kier molecular flexibility index (Phi) is 12.3. The Morgan fingerprint density at radius 3 is 2.42 bits per heavy atom. The zero-order valence-corrected chi connectivity index (χ0v) is 17.0. The summed E-state index contributed by atoms with van der Waals surface area (Å²) in [5.41, 5.74) is 1.63. The van der Waals surface area contributed by atoms with Crippen LogP contribution in [0.5, 0.6) is 0 Å². The lowest BCUT2D eigenvalue weighted by Crippen LogP contribution is -2.32. The normalized spacial score (nSPS) is 15.7. The highest BCUT2D eigenvalue weighted by Gasteiger charge is 2.17. The van der Waals surface area contributed by atoms with Crippen LogP contribution in [0.25, 0.3) is 0 Å². The molecule has 0 aromatic heterocycles. The molecule has 8 heteroatoms. The lowest BCUT2D eigenvalue weighted by molar-refractivity contribution is -0.121. The second-order valence-electron chi connectivity index (χ2n) is 6.53. The summed E-state index contributed by atoms with van der Waals surface area (Å²) in [6, 6.07) is 7.68. The predicted molar refractivity (Wildman–Crippen MR) is 109 cm³/mol. The van der Waals surface area contributed by atoms with Crippen molar-refractivity contribution in [1.29, 1.82) is 0 Å². The molecule has 0 saturated carbocycles. The van der Waals surface area contributed by atoms with E-state index in [1.165, 1.54) is 0 Å². The molecule has 148 valence electrons. The van der Waals surface area contributed by atoms with Gasteiger partial charge < -0.3 is 20.9 Å². The predicted octanol–water partition coefficient (Wildman–Crippen LogP) is 1.58. The van der Waals surface area contributed by atoms with Crippen molar-refractivity contribution in [1.82, 2.24) is 20.9 Å². The topological polar surface area (TPSA) is 73.5 Å². The molecule has 1 unspecified atom stereocenters. The number of hydrogen-bond acceptors (Lipinski definition) is 4. The van der Waals surface area contributed by atoms with E-state index in [2.05, 4.69) is 16.0 Å². The molecule has 3 N–H and O–H groups in total. The summed E-state index contributed by atoms with van der Waals surface area (Å²) >= 11 is 0. The van der Waals surface area contributed by atoms with Crippen molar-refractivity contribution in [3.05, 3.63) is 35.4 Å². The third-order valence-corrected chi connectivity index (χ3v) is 4.14. The molecule has 1 aromatic rings. The van der Waals surface area contributed by atoms with Crippen LogP contribution >= 0.6 is 24.8 Å². The zero-order chi connectivity index (χ0) is 17.4. The van der Waals surface area contributed by atoms with Crippen molar-refractivity contribution >= 4 is 36.6 Å². The van der Waals surface area contributed by atoms with Gasteiger partial charge in [-0.3, -0.25) is 9.59 Å². The van der Waals surface area contributed by atoms with Crippen LogP contribution < -0.4 is 16.0 Å². The van der Waals surface area contributed by atoms with Crippen molar-refractivity contribution in [2.75, 3.05) is 33.7 Å². The van der Waals surface area contributed by atoms with Gasteiger partial charge in [-0.1, -0.05) is 12.1 Å². The van der Waals surface area contributed by atoms with Gasteiger partial charge in [-0.2, -0.15) is 0 Å². The Morgan fingerprint density at radius 2 is 1.85 bits per heavy atom. The Balaban J connectivity index is 0.00000312. The summed E-state index contributed by atoms with van der Waals surface area (Å²) in [6.45, 7) is 2.94. The number of amides is 2. The van der Waals surface area contributed by atoms with Crippen LogP contribution in [0.2, 0.25) is 0 Å². The lowest BCUT2D eigenvalue weighted by Gasteiger charge is -2.11. The van der Waals surface area contributed by atoms with Crippen LogP contribution in [0, 0.1) is 0 Å². The summed E-state index contributed by atoms with van der Waals surface area (Å²) in [7, 11) is 3.94. The molecule has 2 amide bonds. The van der Waals surface area contributed by atoms with Gasteiger partial charge >= 0.3 is 0 Å². The van der Waals surface area contributed by atoms with Gasteiger partial charge in [0.2, 0.25) is 5.91 Å². The Hall–Kier alpha value is -1.34. The fraction of sp³-hybridized carbons (Fsp3) is 0.556. The number of benzene rings is 1. The maximum atomic E-state index is 12.0. The molecule has 2 rings (SSSR count). The van der Waals surface area contributed by atoms with E-state index in [4.69, 9.17) is 0 Å². The summed E-state index contributed by atoms with van der Waals surface area (Å²) < 4.78 is 0. The number of nitrogens with zero attached hydrogens (tertiary/aromatic N) is 1. The number of rotatable bonds is 8. The number of halogens is 2. The monoisotopic (exact) mass is 404 g/mol. The number of likely N-dealkylation sites (N-methyl/N-ethyl adjacent to an activating group) is 1. The highest BCUT2D eigenvalue weighted by atomic mass is 35.5. The first-order valence-electron chi connectivity index (χ1n) is 8.56. The molecular formula is C18H30Cl2N4O2. The van der Waals surface area contributed by atoms with Gasteiger partial charge in [-0.25, -0.2) is 0 Å². The molecule has 1 heterocycles. The fourth-order valence-corrected chi connectivity index (χ4v) is 2.70. The van der Waals surface area contributed by atoms with Crippen LogP contribution in [-0.2, 0) is 11.3 Å². The summed E-state index contributed by atoms with van der Waals surface area (Å²) in [5.74, 6) is -0.000326. The minimum Gasteiger partial charge on any atom is -0.352 e. The summed E-state index contributed by atoms with van der Waals surface area (Å²) in [6.07, 6.45) is 2.76. The zero-order valence-electron chi connectivity index (χ0n) is 15.4. The average Bonchev–Trinajstić information content (AvgIpc) is 3.06. The molecule has 0 spiro atoms. The summed E-state index contributed by atoms with van der Waals surface area (Å²) in [5, 5.41) is 9.14. The molecule has 1 aliphatic rings. The minimum absolute atomic E-state index is 0. The minimum atomic E-state index is -0.0697. The van der Waals surface area contributed by atoms with Gasteiger partial charge in [0.15, 0.2) is 0 Å². The molecule has 0 bridgehead atoms. The van der Waals surface area contributed by atoms with E-state index < -0.39 is 0 Å². The molecule has 1 fully saturated rings. The van der Waals surface area contributed by atoms with E-state index in [-0.39, 0.29) is 36.6 Å². The van der Waals surface area contributed by atoms with Gasteiger partial charge in [-0.05, 0) is 51.2 Å². The van der Waals surface area contributed by atoms with E-state index in [0.717, 1.165) is 31.5 Å². The Labute approximate surface area is 168 Å². The van der Waals surface area contributed by atoms with Crippen LogP contribution in [0.3, 0.4) is 0 Å². The molecule has 0 aliphatic carbocycles. The van der Waals surface area contributed by atoms with Crippen molar-refractivity contribution in [2.24, 2.45) is 0 Å². The van der Waals surface area contributed by atoms with E-state index in [0.29, 0.717) is 31.1 Å². The quantitative estimate of drug-likeness (QED) is 0.614. The maximum Gasteiger partial charge on any atom is 0.251 e. The van der Waals surface area contributed by atoms with Crippen molar-refractivity contribution < 1.29 is 9.59 Å². The standard InChI is InChI=1S/C18H28N4O2.2ClH/c1-22(2)11-10-20-18(24)15-7-5-14(6-8-15)13-21-17(23)12-16-4-3-9-19-16;;/h5-8,16,19H,3-4,9-13H2,1-2H3,(H,20,24)(H,21,23);2*1H. The van der Waals surface area contributed by atoms with Crippen molar-refractivity contribution in [3.8, 4) is 0 Å². The summed E-state index contributed by atoms with van der Waals surface area (Å²) in [4.78, 5) is 25.9. The highest BCUT2D eigenvalue weighted by molar-refractivity contribution is 5.94. The van der Waals surface area contributed by atoms with Crippen LogP contribution in [0.4, 0.5) is 0 Å².